The second-order valence-electron chi connectivity index (χ2n) is 8.97. The number of hydrogen-bond acceptors (Lipinski definition) is 5. The molecular formula is C24H35N5O2. The van der Waals surface area contributed by atoms with Crippen molar-refractivity contribution in [2.45, 2.75) is 71.0 Å². The third kappa shape index (κ3) is 4.14. The quantitative estimate of drug-likeness (QED) is 0.564. The maximum absolute atomic E-state index is 13.3. The van der Waals surface area contributed by atoms with Gasteiger partial charge < -0.3 is 14.7 Å². The number of imide groups is 1. The van der Waals surface area contributed by atoms with Crippen LogP contribution in [0.4, 0.5) is 10.5 Å². The molecule has 0 radical (unpaired) electrons. The second kappa shape index (κ2) is 9.28. The minimum atomic E-state index is -0.437. The fourth-order valence-electron chi connectivity index (χ4n) is 4.84. The predicted molar refractivity (Wildman–Crippen MR) is 123 cm³/mol. The number of fused-ring (bicyclic) bond motifs is 3. The van der Waals surface area contributed by atoms with E-state index in [1.165, 1.54) is 42.6 Å². The molecule has 7 nitrogen and oxygen atoms in total. The Bertz CT molecular complexity index is 837. The van der Waals surface area contributed by atoms with Crippen LogP contribution in [0, 0.1) is 6.92 Å². The highest BCUT2D eigenvalue weighted by Gasteiger charge is 2.54. The number of carbonyl (C=O) groups excluding carboxylic acids is 2. The highest BCUT2D eigenvalue weighted by molar-refractivity contribution is 6.07. The number of carbonyl (C=O) groups is 2. The largest absolute Gasteiger partial charge is 0.328 e. The fourth-order valence-corrected chi connectivity index (χ4v) is 4.84. The van der Waals surface area contributed by atoms with Crippen molar-refractivity contribution >= 4 is 23.6 Å². The zero-order chi connectivity index (χ0) is 22.0. The van der Waals surface area contributed by atoms with Crippen molar-refractivity contribution < 1.29 is 9.59 Å². The minimum absolute atomic E-state index is 0.0939. The third-order valence-corrected chi connectivity index (χ3v) is 6.71. The Kier molecular flexibility index (Phi) is 6.49. The van der Waals surface area contributed by atoms with Gasteiger partial charge in [0.15, 0.2) is 12.2 Å². The molecule has 4 rings (SSSR count). The lowest BCUT2D eigenvalue weighted by molar-refractivity contribution is -0.137. The molecule has 0 aromatic heterocycles. The number of aryl methyl sites for hydroxylation is 1. The van der Waals surface area contributed by atoms with Gasteiger partial charge in [0.1, 0.15) is 0 Å². The lowest BCUT2D eigenvalue weighted by Crippen LogP contribution is -2.64. The molecule has 3 amide bonds. The molecule has 168 valence electrons. The van der Waals surface area contributed by atoms with Gasteiger partial charge in [-0.1, -0.05) is 63.1 Å². The lowest BCUT2D eigenvalue weighted by atomic mass is 10.1. The van der Waals surface area contributed by atoms with Gasteiger partial charge in [0.05, 0.1) is 0 Å². The molecule has 3 heterocycles. The Morgan fingerprint density at radius 2 is 1.65 bits per heavy atom. The SMILES string of the molecule is CCCCCCCCCN1C(=O)C2C(N=C3N(c4ccc(C)cc4)CCN32)N(C)C1=O. The standard InChI is InChI=1S/C24H35N5O2/c1-4-5-6-7-8-9-10-15-29-22(30)20-21(26(3)24(29)31)25-23-27(16-17-28(20)23)19-13-11-18(2)12-14-19/h11-14,20-21H,4-10,15-17H2,1-3H3. The first-order valence-corrected chi connectivity index (χ1v) is 11.8. The van der Waals surface area contributed by atoms with Crippen molar-refractivity contribution in [2.24, 2.45) is 4.99 Å². The zero-order valence-electron chi connectivity index (χ0n) is 19.1. The number of benzene rings is 1. The molecule has 0 spiro atoms. The number of likely N-dealkylation sites (N-methyl/N-ethyl adjacent to an activating group) is 1. The number of nitrogens with zero attached hydrogens (tertiary/aromatic N) is 5. The van der Waals surface area contributed by atoms with Gasteiger partial charge in [-0.15, -0.1) is 0 Å². The highest BCUT2D eigenvalue weighted by Crippen LogP contribution is 2.33. The van der Waals surface area contributed by atoms with Crippen LogP contribution < -0.4 is 4.90 Å². The Morgan fingerprint density at radius 3 is 2.35 bits per heavy atom. The van der Waals surface area contributed by atoms with E-state index in [1.54, 1.807) is 11.9 Å². The van der Waals surface area contributed by atoms with Crippen LogP contribution in [-0.2, 0) is 4.79 Å². The van der Waals surface area contributed by atoms with E-state index >= 15 is 0 Å². The van der Waals surface area contributed by atoms with Gasteiger partial charge in [-0.3, -0.25) is 9.69 Å². The van der Waals surface area contributed by atoms with Crippen LogP contribution in [0.5, 0.6) is 0 Å². The zero-order valence-corrected chi connectivity index (χ0v) is 19.1. The number of aliphatic imine (C=N–C) groups is 1. The molecule has 2 fully saturated rings. The first-order valence-electron chi connectivity index (χ1n) is 11.8. The monoisotopic (exact) mass is 425 g/mol. The van der Waals surface area contributed by atoms with Crippen molar-refractivity contribution in [3.05, 3.63) is 29.8 Å². The molecule has 0 bridgehead atoms. The summed E-state index contributed by atoms with van der Waals surface area (Å²) < 4.78 is 0. The van der Waals surface area contributed by atoms with E-state index in [2.05, 4.69) is 47.9 Å². The van der Waals surface area contributed by atoms with Crippen molar-refractivity contribution in [3.8, 4) is 0 Å². The molecular weight excluding hydrogens is 390 g/mol. The number of amides is 3. The minimum Gasteiger partial charge on any atom is -0.325 e. The molecule has 0 aliphatic carbocycles. The Labute approximate surface area is 185 Å². The lowest BCUT2D eigenvalue weighted by Gasteiger charge is -2.40. The molecule has 2 unspecified atom stereocenters. The molecule has 31 heavy (non-hydrogen) atoms. The molecule has 1 aromatic carbocycles. The molecule has 3 aliphatic heterocycles. The van der Waals surface area contributed by atoms with Gasteiger partial charge in [-0.05, 0) is 25.5 Å². The number of hydrogen-bond donors (Lipinski definition) is 0. The van der Waals surface area contributed by atoms with Gasteiger partial charge in [0, 0.05) is 32.4 Å². The molecule has 1 aromatic rings. The van der Waals surface area contributed by atoms with Crippen molar-refractivity contribution in [1.82, 2.24) is 14.7 Å². The summed E-state index contributed by atoms with van der Waals surface area (Å²) in [6, 6.07) is 7.73. The molecule has 2 saturated heterocycles. The summed E-state index contributed by atoms with van der Waals surface area (Å²) in [5, 5.41) is 0. The van der Waals surface area contributed by atoms with Gasteiger partial charge in [-0.2, -0.15) is 0 Å². The van der Waals surface area contributed by atoms with E-state index in [1.807, 2.05) is 0 Å². The summed E-state index contributed by atoms with van der Waals surface area (Å²) in [5.74, 6) is 0.716. The van der Waals surface area contributed by atoms with E-state index < -0.39 is 12.2 Å². The van der Waals surface area contributed by atoms with Crippen LogP contribution in [0.2, 0.25) is 0 Å². The Hall–Kier alpha value is -2.57. The summed E-state index contributed by atoms with van der Waals surface area (Å²) in [5.41, 5.74) is 2.29. The molecule has 0 N–H and O–H groups in total. The first kappa shape index (κ1) is 21.7. The fraction of sp³-hybridized carbons (Fsp3) is 0.625. The van der Waals surface area contributed by atoms with Crippen LogP contribution in [0.3, 0.4) is 0 Å². The summed E-state index contributed by atoms with van der Waals surface area (Å²) >= 11 is 0. The maximum Gasteiger partial charge on any atom is 0.328 e. The summed E-state index contributed by atoms with van der Waals surface area (Å²) in [7, 11) is 1.77. The molecule has 0 saturated carbocycles. The third-order valence-electron chi connectivity index (χ3n) is 6.71. The average Bonchev–Trinajstić information content (AvgIpc) is 3.34. The highest BCUT2D eigenvalue weighted by atomic mass is 16.2. The van der Waals surface area contributed by atoms with Gasteiger partial charge >= 0.3 is 6.03 Å². The van der Waals surface area contributed by atoms with Crippen LogP contribution in [0.1, 0.15) is 57.4 Å². The normalized spacial score (nSPS) is 22.9. The first-order chi connectivity index (χ1) is 15.0. The Balaban J connectivity index is 1.41. The molecule has 7 heteroatoms. The van der Waals surface area contributed by atoms with Crippen LogP contribution in [0.25, 0.3) is 0 Å². The summed E-state index contributed by atoms with van der Waals surface area (Å²) in [6.45, 7) is 6.33. The van der Waals surface area contributed by atoms with E-state index in [4.69, 9.17) is 4.99 Å². The summed E-state index contributed by atoms with van der Waals surface area (Å²) in [4.78, 5) is 38.4. The number of anilines is 1. The second-order valence-corrected chi connectivity index (χ2v) is 8.97. The van der Waals surface area contributed by atoms with Crippen LogP contribution in [-0.4, -0.2) is 71.5 Å². The van der Waals surface area contributed by atoms with E-state index in [0.717, 1.165) is 37.6 Å². The van der Waals surface area contributed by atoms with Gasteiger partial charge in [0.25, 0.3) is 5.91 Å². The predicted octanol–water partition coefficient (Wildman–Crippen LogP) is 3.83. The van der Waals surface area contributed by atoms with E-state index in [-0.39, 0.29) is 11.9 Å². The Morgan fingerprint density at radius 1 is 0.968 bits per heavy atom. The number of urea groups is 1. The smallest absolute Gasteiger partial charge is 0.325 e. The molecule has 2 atom stereocenters. The topological polar surface area (TPSA) is 59.5 Å². The number of guanidine groups is 1. The summed E-state index contributed by atoms with van der Waals surface area (Å²) in [6.07, 6.45) is 7.71. The van der Waals surface area contributed by atoms with Crippen molar-refractivity contribution in [1.29, 1.82) is 0 Å². The molecule has 3 aliphatic rings. The van der Waals surface area contributed by atoms with Gasteiger partial charge in [-0.25, -0.2) is 9.79 Å². The maximum atomic E-state index is 13.3. The van der Waals surface area contributed by atoms with E-state index in [9.17, 15) is 9.59 Å². The number of unbranched alkanes of at least 4 members (excludes halogenated alkanes) is 6. The van der Waals surface area contributed by atoms with Crippen LogP contribution in [0.15, 0.2) is 29.3 Å². The van der Waals surface area contributed by atoms with E-state index in [0.29, 0.717) is 6.54 Å². The van der Waals surface area contributed by atoms with Crippen molar-refractivity contribution in [3.63, 3.8) is 0 Å². The van der Waals surface area contributed by atoms with Crippen molar-refractivity contribution in [2.75, 3.05) is 31.6 Å². The van der Waals surface area contributed by atoms with Gasteiger partial charge in [0.2, 0.25) is 5.96 Å². The number of rotatable bonds is 9. The van der Waals surface area contributed by atoms with Crippen LogP contribution >= 0.6 is 0 Å². The average molecular weight is 426 g/mol.